The van der Waals surface area contributed by atoms with Crippen molar-refractivity contribution in [1.29, 1.82) is 0 Å². The smallest absolute Gasteiger partial charge is 0.316 e. The summed E-state index contributed by atoms with van der Waals surface area (Å²) in [6.45, 7) is 0.604. The van der Waals surface area contributed by atoms with Gasteiger partial charge in [0.05, 0.1) is 12.2 Å². The van der Waals surface area contributed by atoms with Crippen LogP contribution in [0.15, 0.2) is 47.1 Å². The summed E-state index contributed by atoms with van der Waals surface area (Å²) in [7, 11) is 0. The molecule has 0 aliphatic heterocycles. The Kier molecular flexibility index (Phi) is 4.35. The third-order valence-corrected chi connectivity index (χ3v) is 2.86. The van der Waals surface area contributed by atoms with E-state index in [9.17, 15) is 4.79 Å². The lowest BCUT2D eigenvalue weighted by Gasteiger charge is -2.08. The van der Waals surface area contributed by atoms with Crippen LogP contribution in [0.5, 0.6) is 0 Å². The first-order valence-corrected chi connectivity index (χ1v) is 6.43. The van der Waals surface area contributed by atoms with E-state index in [1.807, 2.05) is 30.3 Å². The van der Waals surface area contributed by atoms with E-state index >= 15 is 0 Å². The number of nitrogens with zero attached hydrogens (tertiary/aromatic N) is 1. The van der Waals surface area contributed by atoms with Gasteiger partial charge in [0.2, 0.25) is 0 Å². The van der Waals surface area contributed by atoms with Crippen LogP contribution in [-0.2, 0) is 6.54 Å². The zero-order valence-electron chi connectivity index (χ0n) is 10.1. The first kappa shape index (κ1) is 13.4. The molecule has 0 aliphatic carbocycles. The third-order valence-electron chi connectivity index (χ3n) is 2.39. The fourth-order valence-corrected chi connectivity index (χ4v) is 1.79. The van der Waals surface area contributed by atoms with Crippen molar-refractivity contribution in [3.05, 3.63) is 52.8 Å². The quantitative estimate of drug-likeness (QED) is 0.810. The average Bonchev–Trinajstić information content (AvgIpc) is 2.38. The normalized spacial score (nSPS) is 9.95. The Morgan fingerprint density at radius 1 is 1.26 bits per heavy atom. The van der Waals surface area contributed by atoms with E-state index in [4.69, 9.17) is 5.73 Å². The Bertz CT molecular complexity index is 571. The molecule has 0 aliphatic rings. The number of primary amides is 1. The molecule has 98 valence electrons. The molecule has 19 heavy (non-hydrogen) atoms. The first-order chi connectivity index (χ1) is 9.13. The molecule has 2 rings (SSSR count). The van der Waals surface area contributed by atoms with Crippen molar-refractivity contribution in [1.82, 2.24) is 4.98 Å². The second-order valence-electron chi connectivity index (χ2n) is 3.89. The molecular weight excluding hydrogens is 308 g/mol. The van der Waals surface area contributed by atoms with Gasteiger partial charge in [0.1, 0.15) is 0 Å². The predicted octanol–water partition coefficient (Wildman–Crippen LogP) is 2.95. The fraction of sp³-hybridized carbons (Fsp3) is 0.0769. The first-order valence-electron chi connectivity index (χ1n) is 5.64. The van der Waals surface area contributed by atoms with Gasteiger partial charge in [-0.2, -0.15) is 0 Å². The largest absolute Gasteiger partial charge is 0.379 e. The van der Waals surface area contributed by atoms with Crippen molar-refractivity contribution in [2.45, 2.75) is 6.54 Å². The van der Waals surface area contributed by atoms with E-state index in [2.05, 4.69) is 31.5 Å². The maximum atomic E-state index is 10.8. The molecule has 0 bridgehead atoms. The summed E-state index contributed by atoms with van der Waals surface area (Å²) < 4.78 is 0.948. The average molecular weight is 321 g/mol. The maximum Gasteiger partial charge on any atom is 0.316 e. The topological polar surface area (TPSA) is 80.0 Å². The maximum absolute atomic E-state index is 10.8. The molecule has 0 unspecified atom stereocenters. The molecule has 6 heteroatoms. The van der Waals surface area contributed by atoms with Crippen LogP contribution in [0.1, 0.15) is 5.69 Å². The minimum absolute atomic E-state index is 0.577. The molecule has 0 radical (unpaired) electrons. The summed E-state index contributed by atoms with van der Waals surface area (Å²) in [5.41, 5.74) is 7.54. The Balaban J connectivity index is 1.99. The van der Waals surface area contributed by atoms with Crippen LogP contribution in [0.25, 0.3) is 0 Å². The standard InChI is InChI=1S/C13H13BrN4O/c14-9-4-5-12(16-7-9)8-17-10-2-1-3-11(6-10)18-13(15)19/h1-7,17H,8H2,(H3,15,18,19). The fourth-order valence-electron chi connectivity index (χ4n) is 1.55. The highest BCUT2D eigenvalue weighted by Crippen LogP contribution is 2.16. The molecule has 0 spiro atoms. The molecular formula is C13H13BrN4O. The predicted molar refractivity (Wildman–Crippen MR) is 78.9 cm³/mol. The summed E-state index contributed by atoms with van der Waals surface area (Å²) in [6.07, 6.45) is 1.75. The van der Waals surface area contributed by atoms with E-state index in [0.29, 0.717) is 12.2 Å². The number of rotatable bonds is 4. The van der Waals surface area contributed by atoms with Gasteiger partial charge in [-0.1, -0.05) is 6.07 Å². The lowest BCUT2D eigenvalue weighted by molar-refractivity contribution is 0.259. The van der Waals surface area contributed by atoms with Crippen LogP contribution >= 0.6 is 15.9 Å². The molecule has 1 heterocycles. The molecule has 4 N–H and O–H groups in total. The molecule has 1 aromatic heterocycles. The molecule has 2 aromatic rings. The van der Waals surface area contributed by atoms with Crippen molar-refractivity contribution >= 4 is 33.3 Å². The van der Waals surface area contributed by atoms with Crippen LogP contribution in [-0.4, -0.2) is 11.0 Å². The van der Waals surface area contributed by atoms with Crippen LogP contribution in [0.2, 0.25) is 0 Å². The molecule has 0 saturated heterocycles. The van der Waals surface area contributed by atoms with Gasteiger partial charge in [-0.3, -0.25) is 4.98 Å². The van der Waals surface area contributed by atoms with Gasteiger partial charge in [0.25, 0.3) is 0 Å². The van der Waals surface area contributed by atoms with E-state index in [-0.39, 0.29) is 0 Å². The van der Waals surface area contributed by atoms with Gasteiger partial charge in [0, 0.05) is 22.0 Å². The van der Waals surface area contributed by atoms with Crippen molar-refractivity contribution < 1.29 is 4.79 Å². The molecule has 2 amide bonds. The number of halogens is 1. The van der Waals surface area contributed by atoms with E-state index in [1.54, 1.807) is 12.3 Å². The number of hydrogen-bond acceptors (Lipinski definition) is 3. The van der Waals surface area contributed by atoms with Crippen molar-refractivity contribution in [3.8, 4) is 0 Å². The number of carbonyl (C=O) groups excluding carboxylic acids is 1. The van der Waals surface area contributed by atoms with Gasteiger partial charge >= 0.3 is 6.03 Å². The number of pyridine rings is 1. The van der Waals surface area contributed by atoms with Crippen LogP contribution in [0.4, 0.5) is 16.2 Å². The second-order valence-corrected chi connectivity index (χ2v) is 4.81. The highest BCUT2D eigenvalue weighted by atomic mass is 79.9. The number of aromatic nitrogens is 1. The zero-order valence-corrected chi connectivity index (χ0v) is 11.6. The lowest BCUT2D eigenvalue weighted by atomic mass is 10.2. The van der Waals surface area contributed by atoms with Crippen molar-refractivity contribution in [2.24, 2.45) is 5.73 Å². The monoisotopic (exact) mass is 320 g/mol. The number of nitrogens with two attached hydrogens (primary N) is 1. The molecule has 1 aromatic carbocycles. The molecule has 5 nitrogen and oxygen atoms in total. The Morgan fingerprint density at radius 3 is 2.74 bits per heavy atom. The Labute approximate surface area is 119 Å². The number of anilines is 2. The summed E-state index contributed by atoms with van der Waals surface area (Å²) in [6, 6.07) is 10.6. The summed E-state index contributed by atoms with van der Waals surface area (Å²) >= 11 is 3.34. The van der Waals surface area contributed by atoms with E-state index in [1.165, 1.54) is 0 Å². The van der Waals surface area contributed by atoms with Gasteiger partial charge in [-0.25, -0.2) is 4.79 Å². The number of amides is 2. The SMILES string of the molecule is NC(=O)Nc1cccc(NCc2ccc(Br)cn2)c1. The highest BCUT2D eigenvalue weighted by Gasteiger charge is 1.99. The Hall–Kier alpha value is -2.08. The number of urea groups is 1. The molecule has 0 fully saturated rings. The second kappa shape index (κ2) is 6.19. The zero-order chi connectivity index (χ0) is 13.7. The van der Waals surface area contributed by atoms with Crippen LogP contribution in [0.3, 0.4) is 0 Å². The van der Waals surface area contributed by atoms with Gasteiger partial charge in [-0.15, -0.1) is 0 Å². The van der Waals surface area contributed by atoms with E-state index < -0.39 is 6.03 Å². The van der Waals surface area contributed by atoms with Crippen molar-refractivity contribution in [2.75, 3.05) is 10.6 Å². The Morgan fingerprint density at radius 2 is 2.05 bits per heavy atom. The third kappa shape index (κ3) is 4.26. The number of nitrogens with one attached hydrogen (secondary N) is 2. The summed E-state index contributed by atoms with van der Waals surface area (Å²) in [4.78, 5) is 15.0. The van der Waals surface area contributed by atoms with Gasteiger partial charge < -0.3 is 16.4 Å². The van der Waals surface area contributed by atoms with E-state index in [0.717, 1.165) is 15.9 Å². The minimum atomic E-state index is -0.577. The molecule has 0 saturated carbocycles. The highest BCUT2D eigenvalue weighted by molar-refractivity contribution is 9.10. The number of hydrogen-bond donors (Lipinski definition) is 3. The number of carbonyl (C=O) groups is 1. The minimum Gasteiger partial charge on any atom is -0.379 e. The van der Waals surface area contributed by atoms with Crippen LogP contribution < -0.4 is 16.4 Å². The van der Waals surface area contributed by atoms with Gasteiger partial charge in [-0.05, 0) is 46.3 Å². The number of benzene rings is 1. The lowest BCUT2D eigenvalue weighted by Crippen LogP contribution is -2.19. The summed E-state index contributed by atoms with van der Waals surface area (Å²) in [5, 5.41) is 5.75. The van der Waals surface area contributed by atoms with Crippen molar-refractivity contribution in [3.63, 3.8) is 0 Å². The molecule has 0 atom stereocenters. The van der Waals surface area contributed by atoms with Gasteiger partial charge in [0.15, 0.2) is 0 Å². The summed E-state index contributed by atoms with van der Waals surface area (Å²) in [5.74, 6) is 0. The van der Waals surface area contributed by atoms with Crippen LogP contribution in [0, 0.1) is 0 Å².